The van der Waals surface area contributed by atoms with Crippen LogP contribution in [0.5, 0.6) is 0 Å². The van der Waals surface area contributed by atoms with Crippen LogP contribution in [0.3, 0.4) is 0 Å². The van der Waals surface area contributed by atoms with Gasteiger partial charge in [0.25, 0.3) is 5.91 Å². The van der Waals surface area contributed by atoms with Gasteiger partial charge in [-0.3, -0.25) is 4.79 Å². The lowest BCUT2D eigenvalue weighted by atomic mass is 10.0. The number of rotatable bonds is 9. The molecule has 0 atom stereocenters. The van der Waals surface area contributed by atoms with Crippen molar-refractivity contribution in [1.29, 1.82) is 5.41 Å². The Morgan fingerprint density at radius 3 is 2.86 bits per heavy atom. The van der Waals surface area contributed by atoms with Gasteiger partial charge >= 0.3 is 0 Å². The second-order valence-electron chi connectivity index (χ2n) is 9.21. The maximum atomic E-state index is 13.1. The smallest absolute Gasteiger partial charge is 0.261 e. The Kier molecular flexibility index (Phi) is 7.15. The lowest BCUT2D eigenvalue weighted by Crippen LogP contribution is -2.41. The molecule has 1 aliphatic heterocycles. The molecule has 184 valence electrons. The molecule has 3 aliphatic rings. The van der Waals surface area contributed by atoms with E-state index in [-0.39, 0.29) is 5.91 Å². The number of nitrogens with one attached hydrogen (secondary N) is 3. The van der Waals surface area contributed by atoms with Gasteiger partial charge in [0.2, 0.25) is 0 Å². The van der Waals surface area contributed by atoms with Gasteiger partial charge < -0.3 is 25.7 Å². The number of fused-ring (bicyclic) bond motifs is 1. The summed E-state index contributed by atoms with van der Waals surface area (Å²) in [6.45, 7) is 3.52. The normalized spacial score (nSPS) is 20.6. The van der Waals surface area contributed by atoms with Crippen molar-refractivity contribution in [3.05, 3.63) is 65.6 Å². The lowest BCUT2D eigenvalue weighted by Gasteiger charge is -2.31. The van der Waals surface area contributed by atoms with E-state index in [9.17, 15) is 4.79 Å². The maximum Gasteiger partial charge on any atom is 0.261 e. The molecular formula is C25H30ClN7O2. The Labute approximate surface area is 209 Å². The molecule has 3 N–H and O–H groups in total. The Hall–Kier alpha value is -3.17. The number of alkyl halides is 1. The molecule has 10 heteroatoms. The lowest BCUT2D eigenvalue weighted by molar-refractivity contribution is 0.0961. The number of carbonyl (C=O) groups excluding carboxylic acids is 1. The number of likely N-dealkylation sites (tertiary alicyclic amines) is 1. The molecule has 35 heavy (non-hydrogen) atoms. The van der Waals surface area contributed by atoms with Crippen LogP contribution in [-0.2, 0) is 4.74 Å². The van der Waals surface area contributed by atoms with E-state index in [2.05, 4.69) is 25.6 Å². The number of carbonyl (C=O) groups is 1. The zero-order chi connectivity index (χ0) is 24.2. The predicted molar refractivity (Wildman–Crippen MR) is 134 cm³/mol. The summed E-state index contributed by atoms with van der Waals surface area (Å²) < 4.78 is 7.57. The minimum absolute atomic E-state index is 0.321. The fourth-order valence-electron chi connectivity index (χ4n) is 4.25. The highest BCUT2D eigenvalue weighted by molar-refractivity contribution is 6.18. The summed E-state index contributed by atoms with van der Waals surface area (Å²) in [5.74, 6) is 1.39. The number of ether oxygens (including phenoxy) is 1. The van der Waals surface area contributed by atoms with Gasteiger partial charge in [0.1, 0.15) is 11.3 Å². The third-order valence-electron chi connectivity index (χ3n) is 6.56. The van der Waals surface area contributed by atoms with Crippen molar-refractivity contribution in [3.8, 4) is 0 Å². The molecule has 0 radical (unpaired) electrons. The number of amides is 1. The van der Waals surface area contributed by atoms with Crippen LogP contribution in [0.25, 0.3) is 5.65 Å². The zero-order valence-electron chi connectivity index (χ0n) is 19.5. The van der Waals surface area contributed by atoms with Crippen molar-refractivity contribution in [2.75, 3.05) is 32.1 Å². The third kappa shape index (κ3) is 5.74. The van der Waals surface area contributed by atoms with E-state index in [4.69, 9.17) is 21.7 Å². The first kappa shape index (κ1) is 23.6. The van der Waals surface area contributed by atoms with Gasteiger partial charge in [-0.2, -0.15) is 5.10 Å². The fourth-order valence-corrected chi connectivity index (χ4v) is 4.49. The van der Waals surface area contributed by atoms with Gasteiger partial charge in [0.15, 0.2) is 5.65 Å². The first-order valence-electron chi connectivity index (χ1n) is 12.1. The van der Waals surface area contributed by atoms with Crippen LogP contribution < -0.4 is 10.6 Å². The highest BCUT2D eigenvalue weighted by Crippen LogP contribution is 2.31. The molecule has 0 unspecified atom stereocenters. The van der Waals surface area contributed by atoms with Crippen molar-refractivity contribution >= 4 is 28.9 Å². The first-order valence-corrected chi connectivity index (χ1v) is 12.6. The quantitative estimate of drug-likeness (QED) is 0.462. The van der Waals surface area contributed by atoms with Gasteiger partial charge in [-0.15, -0.1) is 11.6 Å². The molecule has 2 aliphatic carbocycles. The molecule has 2 aromatic rings. The number of aromatic nitrogens is 3. The summed E-state index contributed by atoms with van der Waals surface area (Å²) in [6.07, 6.45) is 14.6. The maximum absolute atomic E-state index is 13.1. The van der Waals surface area contributed by atoms with Gasteiger partial charge in [0, 0.05) is 61.8 Å². The van der Waals surface area contributed by atoms with E-state index in [0.717, 1.165) is 45.3 Å². The Bertz CT molecular complexity index is 1190. The molecule has 1 saturated heterocycles. The van der Waals surface area contributed by atoms with Gasteiger partial charge in [0.05, 0.1) is 24.2 Å². The topological polar surface area (TPSA) is 108 Å². The predicted octanol–water partition coefficient (Wildman–Crippen LogP) is 2.86. The third-order valence-corrected chi connectivity index (χ3v) is 6.73. The summed E-state index contributed by atoms with van der Waals surface area (Å²) in [4.78, 5) is 19.8. The van der Waals surface area contributed by atoms with Crippen LogP contribution >= 0.6 is 11.6 Å². The average molecular weight is 496 g/mol. The van der Waals surface area contributed by atoms with E-state index in [0.29, 0.717) is 58.4 Å². The van der Waals surface area contributed by atoms with Crippen molar-refractivity contribution in [3.63, 3.8) is 0 Å². The molecule has 3 heterocycles. The molecule has 9 nitrogen and oxygen atoms in total. The second kappa shape index (κ2) is 10.6. The molecular weight excluding hydrogens is 466 g/mol. The summed E-state index contributed by atoms with van der Waals surface area (Å²) >= 11 is 5.87. The van der Waals surface area contributed by atoms with Crippen molar-refractivity contribution in [2.24, 2.45) is 5.92 Å². The summed E-state index contributed by atoms with van der Waals surface area (Å²) in [7, 11) is 0. The van der Waals surface area contributed by atoms with Crippen LogP contribution in [0.15, 0.2) is 60.0 Å². The first-order chi connectivity index (χ1) is 17.1. The summed E-state index contributed by atoms with van der Waals surface area (Å²) in [5, 5.41) is 19.2. The molecule has 1 amide bonds. The van der Waals surface area contributed by atoms with Crippen LogP contribution in [0.1, 0.15) is 36.0 Å². The molecule has 0 bridgehead atoms. The molecule has 2 fully saturated rings. The molecule has 2 aromatic heterocycles. The second-order valence-corrected chi connectivity index (χ2v) is 9.58. The van der Waals surface area contributed by atoms with E-state index in [1.54, 1.807) is 35.1 Å². The summed E-state index contributed by atoms with van der Waals surface area (Å²) in [5.41, 5.74) is 2.43. The van der Waals surface area contributed by atoms with E-state index in [1.165, 1.54) is 6.20 Å². The molecule has 1 saturated carbocycles. The van der Waals surface area contributed by atoms with Crippen LogP contribution in [0.4, 0.5) is 0 Å². The SMILES string of the molecule is N=C1C=C(OCC2CC2)C(NC(=O)c2cnn3cccnc23)=C/C1=C/NC1CCN(CCCl)CC1. The molecule has 0 spiro atoms. The highest BCUT2D eigenvalue weighted by Gasteiger charge is 2.26. The number of hydrogen-bond acceptors (Lipinski definition) is 7. The van der Waals surface area contributed by atoms with Gasteiger partial charge in [-0.1, -0.05) is 0 Å². The van der Waals surface area contributed by atoms with E-state index >= 15 is 0 Å². The number of allylic oxidation sites excluding steroid dienone is 3. The Balaban J connectivity index is 1.31. The monoisotopic (exact) mass is 495 g/mol. The van der Waals surface area contributed by atoms with Gasteiger partial charge in [-0.25, -0.2) is 9.50 Å². The molecule has 0 aromatic carbocycles. The van der Waals surface area contributed by atoms with Crippen LogP contribution in [0.2, 0.25) is 0 Å². The Morgan fingerprint density at radius 2 is 2.09 bits per heavy atom. The van der Waals surface area contributed by atoms with Crippen LogP contribution in [0, 0.1) is 11.3 Å². The minimum Gasteiger partial charge on any atom is -0.491 e. The van der Waals surface area contributed by atoms with Crippen LogP contribution in [-0.4, -0.2) is 69.3 Å². The largest absolute Gasteiger partial charge is 0.491 e. The Morgan fingerprint density at radius 1 is 1.26 bits per heavy atom. The highest BCUT2D eigenvalue weighted by atomic mass is 35.5. The number of nitrogens with zero attached hydrogens (tertiary/aromatic N) is 4. The standard InChI is InChI=1S/C25H30ClN7O2/c26-6-11-32-9-4-19(5-10-32)29-14-18-12-22(23(13-21(18)27)35-16-17-2-3-17)31-25(34)20-15-30-33-8-1-7-28-24(20)33/h1,7-8,12-15,17,19,27,29H,2-6,9-11,16H2,(H,31,34)/b18-14-,27-21?. The van der Waals surface area contributed by atoms with Crippen molar-refractivity contribution in [2.45, 2.75) is 31.7 Å². The zero-order valence-corrected chi connectivity index (χ0v) is 20.3. The van der Waals surface area contributed by atoms with Crippen molar-refractivity contribution in [1.82, 2.24) is 30.1 Å². The van der Waals surface area contributed by atoms with E-state index in [1.807, 2.05) is 6.20 Å². The number of piperidine rings is 1. The average Bonchev–Trinajstić information content (AvgIpc) is 3.60. The van der Waals surface area contributed by atoms with E-state index < -0.39 is 0 Å². The van der Waals surface area contributed by atoms with Crippen molar-refractivity contribution < 1.29 is 9.53 Å². The molecule has 5 rings (SSSR count). The number of halogens is 1. The fraction of sp³-hybridized carbons (Fsp3) is 0.440. The van der Waals surface area contributed by atoms with Gasteiger partial charge in [-0.05, 0) is 43.7 Å². The minimum atomic E-state index is -0.321. The number of hydrogen-bond donors (Lipinski definition) is 3. The summed E-state index contributed by atoms with van der Waals surface area (Å²) in [6, 6.07) is 2.10.